The van der Waals surface area contributed by atoms with E-state index in [-0.39, 0.29) is 24.4 Å². The number of rotatable bonds is 3. The van der Waals surface area contributed by atoms with Crippen molar-refractivity contribution in [3.63, 3.8) is 0 Å². The van der Waals surface area contributed by atoms with Gasteiger partial charge in [-0.15, -0.1) is 23.7 Å². The van der Waals surface area contributed by atoms with Gasteiger partial charge in [-0.1, -0.05) is 24.3 Å². The van der Waals surface area contributed by atoms with E-state index in [1.165, 1.54) is 0 Å². The Morgan fingerprint density at radius 2 is 2.04 bits per heavy atom. The molecule has 1 fully saturated rings. The molecule has 2 aromatic heterocycles. The molecule has 1 amide bonds. The largest absolute Gasteiger partial charge is 0.332 e. The fourth-order valence-corrected chi connectivity index (χ4v) is 3.87. The Kier molecular flexibility index (Phi) is 5.76. The summed E-state index contributed by atoms with van der Waals surface area (Å²) in [6, 6.07) is 16.1. The Hall–Kier alpha value is -2.15. The van der Waals surface area contributed by atoms with E-state index in [0.29, 0.717) is 12.2 Å². The monoisotopic (exact) mass is 388 g/mol. The standard InChI is InChI=1S/C19H20N4OS.ClH/c1-14-13-20-9-10-22(14)19(24)16-12-17(18-8-5-11-25-18)23(21-16)15-6-3-2-4-7-15;/h2-8,11-12,14,20H,9-10,13H2,1H3;1H/t14-;/m1./s1. The summed E-state index contributed by atoms with van der Waals surface area (Å²) in [6.45, 7) is 4.43. The fourth-order valence-electron chi connectivity index (χ4n) is 3.14. The summed E-state index contributed by atoms with van der Waals surface area (Å²) in [5.41, 5.74) is 2.41. The molecule has 0 aliphatic carbocycles. The molecule has 0 unspecified atom stereocenters. The van der Waals surface area contributed by atoms with Crippen molar-refractivity contribution in [3.05, 3.63) is 59.6 Å². The Balaban J connectivity index is 0.00000196. The molecular formula is C19H21ClN4OS. The number of nitrogens with one attached hydrogen (secondary N) is 1. The van der Waals surface area contributed by atoms with Crippen LogP contribution in [0.25, 0.3) is 16.3 Å². The number of para-hydroxylation sites is 1. The summed E-state index contributed by atoms with van der Waals surface area (Å²) in [5, 5.41) is 10.0. The number of aromatic nitrogens is 2. The third kappa shape index (κ3) is 3.53. The maximum absolute atomic E-state index is 13.0. The van der Waals surface area contributed by atoms with Crippen LogP contribution in [0, 0.1) is 0 Å². The van der Waals surface area contributed by atoms with Crippen molar-refractivity contribution in [1.82, 2.24) is 20.0 Å². The van der Waals surface area contributed by atoms with E-state index in [1.807, 2.05) is 57.4 Å². The van der Waals surface area contributed by atoms with Gasteiger partial charge in [0.2, 0.25) is 0 Å². The molecule has 1 aliphatic heterocycles. The number of carbonyl (C=O) groups is 1. The average molecular weight is 389 g/mol. The zero-order chi connectivity index (χ0) is 17.2. The zero-order valence-electron chi connectivity index (χ0n) is 14.5. The first-order valence-corrected chi connectivity index (χ1v) is 9.33. The Morgan fingerprint density at radius 3 is 2.73 bits per heavy atom. The van der Waals surface area contributed by atoms with Crippen LogP contribution in [-0.2, 0) is 0 Å². The van der Waals surface area contributed by atoms with Gasteiger partial charge in [0.15, 0.2) is 5.69 Å². The first kappa shape index (κ1) is 18.6. The molecule has 0 radical (unpaired) electrons. The minimum Gasteiger partial charge on any atom is -0.332 e. The molecule has 5 nitrogen and oxygen atoms in total. The van der Waals surface area contributed by atoms with Crippen molar-refractivity contribution in [2.24, 2.45) is 0 Å². The van der Waals surface area contributed by atoms with Crippen molar-refractivity contribution in [1.29, 1.82) is 0 Å². The molecule has 1 N–H and O–H groups in total. The highest BCUT2D eigenvalue weighted by molar-refractivity contribution is 7.13. The number of nitrogens with zero attached hydrogens (tertiary/aromatic N) is 3. The molecule has 3 aromatic rings. The summed E-state index contributed by atoms with van der Waals surface area (Å²) < 4.78 is 1.87. The quantitative estimate of drug-likeness (QED) is 0.747. The first-order chi connectivity index (χ1) is 12.2. The van der Waals surface area contributed by atoms with Crippen LogP contribution in [0.3, 0.4) is 0 Å². The van der Waals surface area contributed by atoms with Gasteiger partial charge in [-0.2, -0.15) is 5.10 Å². The SMILES string of the molecule is C[C@@H]1CNCCN1C(=O)c1cc(-c2cccs2)n(-c2ccccc2)n1.Cl. The van der Waals surface area contributed by atoms with E-state index in [2.05, 4.69) is 23.4 Å². The Bertz CT molecular complexity index is 863. The summed E-state index contributed by atoms with van der Waals surface area (Å²) in [5.74, 6) is 0.00138. The van der Waals surface area contributed by atoms with E-state index >= 15 is 0 Å². The molecule has 1 aromatic carbocycles. The maximum Gasteiger partial charge on any atom is 0.274 e. The number of thiophene rings is 1. The predicted octanol–water partition coefficient (Wildman–Crippen LogP) is 3.46. The summed E-state index contributed by atoms with van der Waals surface area (Å²) in [4.78, 5) is 16.0. The van der Waals surface area contributed by atoms with Gasteiger partial charge in [0.25, 0.3) is 5.91 Å². The third-order valence-corrected chi connectivity index (χ3v) is 5.36. The summed E-state index contributed by atoms with van der Waals surface area (Å²) in [7, 11) is 0. The first-order valence-electron chi connectivity index (χ1n) is 8.45. The van der Waals surface area contributed by atoms with Crippen molar-refractivity contribution >= 4 is 29.7 Å². The lowest BCUT2D eigenvalue weighted by molar-refractivity contribution is 0.0649. The van der Waals surface area contributed by atoms with Crippen LogP contribution in [0.15, 0.2) is 53.9 Å². The molecule has 7 heteroatoms. The molecule has 136 valence electrons. The number of halogens is 1. The lowest BCUT2D eigenvalue weighted by Crippen LogP contribution is -2.52. The summed E-state index contributed by atoms with van der Waals surface area (Å²) >= 11 is 1.65. The average Bonchev–Trinajstić information content (AvgIpc) is 3.32. The number of carbonyl (C=O) groups excluding carboxylic acids is 1. The van der Waals surface area contributed by atoms with Gasteiger partial charge in [0.05, 0.1) is 16.3 Å². The van der Waals surface area contributed by atoms with Crippen molar-refractivity contribution < 1.29 is 4.79 Å². The Labute approximate surface area is 163 Å². The topological polar surface area (TPSA) is 50.2 Å². The van der Waals surface area contributed by atoms with Gasteiger partial charge in [-0.25, -0.2) is 4.68 Å². The Morgan fingerprint density at radius 1 is 1.23 bits per heavy atom. The van der Waals surface area contributed by atoms with Gasteiger partial charge in [0, 0.05) is 25.7 Å². The highest BCUT2D eigenvalue weighted by Crippen LogP contribution is 2.28. The molecule has 26 heavy (non-hydrogen) atoms. The van der Waals surface area contributed by atoms with E-state index in [4.69, 9.17) is 0 Å². The molecule has 1 atom stereocenters. The van der Waals surface area contributed by atoms with Crippen LogP contribution in [0.1, 0.15) is 17.4 Å². The smallest absolute Gasteiger partial charge is 0.274 e. The maximum atomic E-state index is 13.0. The highest BCUT2D eigenvalue weighted by atomic mass is 35.5. The van der Waals surface area contributed by atoms with Crippen LogP contribution in [0.2, 0.25) is 0 Å². The lowest BCUT2D eigenvalue weighted by Gasteiger charge is -2.33. The molecule has 1 saturated heterocycles. The third-order valence-electron chi connectivity index (χ3n) is 4.47. The van der Waals surface area contributed by atoms with E-state index in [0.717, 1.165) is 29.3 Å². The van der Waals surface area contributed by atoms with Crippen LogP contribution >= 0.6 is 23.7 Å². The number of hydrogen-bond donors (Lipinski definition) is 1. The number of benzene rings is 1. The van der Waals surface area contributed by atoms with Gasteiger partial charge in [-0.3, -0.25) is 4.79 Å². The van der Waals surface area contributed by atoms with Gasteiger partial charge in [0.1, 0.15) is 0 Å². The van der Waals surface area contributed by atoms with Crippen LogP contribution in [0.5, 0.6) is 0 Å². The zero-order valence-corrected chi connectivity index (χ0v) is 16.1. The van der Waals surface area contributed by atoms with Crippen LogP contribution in [0.4, 0.5) is 0 Å². The van der Waals surface area contributed by atoms with Crippen LogP contribution < -0.4 is 5.32 Å². The van der Waals surface area contributed by atoms with Crippen molar-refractivity contribution in [2.45, 2.75) is 13.0 Å². The fraction of sp³-hybridized carbons (Fsp3) is 0.263. The molecule has 4 rings (SSSR count). The van der Waals surface area contributed by atoms with E-state index in [9.17, 15) is 4.79 Å². The molecule has 0 saturated carbocycles. The molecule has 1 aliphatic rings. The molecular weight excluding hydrogens is 368 g/mol. The minimum atomic E-state index is 0. The highest BCUT2D eigenvalue weighted by Gasteiger charge is 2.27. The number of amides is 1. The number of hydrogen-bond acceptors (Lipinski definition) is 4. The van der Waals surface area contributed by atoms with Gasteiger partial charge < -0.3 is 10.2 Å². The predicted molar refractivity (Wildman–Crippen MR) is 107 cm³/mol. The number of piperazine rings is 1. The van der Waals surface area contributed by atoms with Gasteiger partial charge >= 0.3 is 0 Å². The molecule has 0 bridgehead atoms. The molecule has 3 heterocycles. The van der Waals surface area contributed by atoms with Crippen molar-refractivity contribution in [3.8, 4) is 16.3 Å². The lowest BCUT2D eigenvalue weighted by atomic mass is 10.2. The van der Waals surface area contributed by atoms with Crippen LogP contribution in [-0.4, -0.2) is 46.3 Å². The second-order valence-electron chi connectivity index (χ2n) is 6.19. The van der Waals surface area contributed by atoms with E-state index < -0.39 is 0 Å². The minimum absolute atomic E-state index is 0. The van der Waals surface area contributed by atoms with Gasteiger partial charge in [-0.05, 0) is 36.6 Å². The second-order valence-corrected chi connectivity index (χ2v) is 7.14. The molecule has 0 spiro atoms. The second kappa shape index (κ2) is 8.03. The van der Waals surface area contributed by atoms with E-state index in [1.54, 1.807) is 11.3 Å². The summed E-state index contributed by atoms with van der Waals surface area (Å²) in [6.07, 6.45) is 0. The normalized spacial score (nSPS) is 17.0. The van der Waals surface area contributed by atoms with Crippen molar-refractivity contribution in [2.75, 3.05) is 19.6 Å².